The summed E-state index contributed by atoms with van der Waals surface area (Å²) >= 11 is 0. The van der Waals surface area contributed by atoms with Crippen LogP contribution in [0.2, 0.25) is 12.1 Å². The van der Waals surface area contributed by atoms with Crippen LogP contribution in [-0.2, 0) is 26.6 Å². The smallest absolute Gasteiger partial charge is 0.478 e. The minimum Gasteiger partial charge on any atom is -0.478 e. The Kier molecular flexibility index (Phi) is 15.1. The fraction of sp³-hybridized carbons (Fsp3) is 0.464. The van der Waals surface area contributed by atoms with Gasteiger partial charge < -0.3 is 46.8 Å². The summed E-state index contributed by atoms with van der Waals surface area (Å²) in [7, 11) is 3.61. The maximum absolute atomic E-state index is 13.1. The summed E-state index contributed by atoms with van der Waals surface area (Å²) in [6.45, 7) is 0.792. The van der Waals surface area contributed by atoms with Crippen molar-refractivity contribution >= 4 is 35.5 Å². The third-order valence-electron chi connectivity index (χ3n) is 7.02. The molecule has 0 atom stereocenters. The summed E-state index contributed by atoms with van der Waals surface area (Å²) in [5.74, 6) is -2.91. The van der Waals surface area contributed by atoms with Gasteiger partial charge in [0.15, 0.2) is 0 Å². The van der Waals surface area contributed by atoms with E-state index >= 15 is 0 Å². The van der Waals surface area contributed by atoms with Crippen molar-refractivity contribution in [2.24, 2.45) is 0 Å². The van der Waals surface area contributed by atoms with Crippen molar-refractivity contribution in [2.45, 2.75) is 24.9 Å². The second-order valence-corrected chi connectivity index (χ2v) is 15.6. The van der Waals surface area contributed by atoms with Gasteiger partial charge in [-0.3, -0.25) is 10.1 Å². The summed E-state index contributed by atoms with van der Waals surface area (Å²) < 4.78 is 38.1. The van der Waals surface area contributed by atoms with Crippen molar-refractivity contribution in [3.63, 3.8) is 0 Å². The summed E-state index contributed by atoms with van der Waals surface area (Å²) in [5, 5.41) is 25.2. The predicted octanol–water partition coefficient (Wildman–Crippen LogP) is 2.94. The Morgan fingerprint density at radius 1 is 0.659 bits per heavy atom. The van der Waals surface area contributed by atoms with E-state index in [9.17, 15) is 24.6 Å². The molecule has 44 heavy (non-hydrogen) atoms. The molecule has 0 aliphatic rings. The molecular formula is C28H42N2O12Si2. The monoisotopic (exact) mass is 654 g/mol. The first kappa shape index (κ1) is 37.0. The van der Waals surface area contributed by atoms with Crippen LogP contribution in [0, 0.1) is 0 Å². The van der Waals surface area contributed by atoms with Crippen molar-refractivity contribution in [1.29, 1.82) is 0 Å². The van der Waals surface area contributed by atoms with Gasteiger partial charge in [0.2, 0.25) is 0 Å². The van der Waals surface area contributed by atoms with Gasteiger partial charge in [-0.2, -0.15) is 0 Å². The van der Waals surface area contributed by atoms with Gasteiger partial charge in [0.25, 0.3) is 5.91 Å². The van der Waals surface area contributed by atoms with Gasteiger partial charge in [-0.05, 0) is 54.8 Å². The van der Waals surface area contributed by atoms with Crippen molar-refractivity contribution in [1.82, 2.24) is 10.6 Å². The van der Waals surface area contributed by atoms with Crippen molar-refractivity contribution < 1.29 is 55.9 Å². The maximum Gasteiger partial charge on any atom is 0.500 e. The molecule has 0 bridgehead atoms. The topological polar surface area (TPSA) is 180 Å². The molecule has 4 N–H and O–H groups in total. The van der Waals surface area contributed by atoms with E-state index in [2.05, 4.69) is 10.6 Å². The van der Waals surface area contributed by atoms with Crippen molar-refractivity contribution in [2.75, 3.05) is 62.5 Å². The first-order valence-corrected chi connectivity index (χ1v) is 17.6. The standard InChI is InChI=1S/C28H42N2O12Si2/c1-36-43(37-2,38-3)15-7-13-29-19-42-25-18-21(10-12-23(25)28(34)35)20-9-11-22(27(32)33)24(17-20)26(31)30-14-8-16-44(39-4,40-5)41-6/h9-12,17-18,29H,7-8,13-16,19H2,1-6H3,(H,30,31)(H,32,33)(H,34,35). The number of nitrogens with one attached hydrogen (secondary N) is 2. The molecule has 0 heterocycles. The lowest BCUT2D eigenvalue weighted by molar-refractivity contribution is 0.0681. The Morgan fingerprint density at radius 3 is 1.64 bits per heavy atom. The zero-order chi connectivity index (χ0) is 32.8. The van der Waals surface area contributed by atoms with Gasteiger partial charge in [-0.25, -0.2) is 9.59 Å². The lowest BCUT2D eigenvalue weighted by Gasteiger charge is -2.24. The zero-order valence-electron chi connectivity index (χ0n) is 25.9. The molecule has 0 saturated heterocycles. The van der Waals surface area contributed by atoms with Crippen LogP contribution in [0.15, 0.2) is 36.4 Å². The van der Waals surface area contributed by atoms with Crippen LogP contribution in [0.25, 0.3) is 11.1 Å². The highest BCUT2D eigenvalue weighted by molar-refractivity contribution is 6.60. The summed E-state index contributed by atoms with van der Waals surface area (Å²) in [6, 6.07) is 9.86. The van der Waals surface area contributed by atoms with E-state index in [0.717, 1.165) is 0 Å². The van der Waals surface area contributed by atoms with Crippen molar-refractivity contribution in [3.8, 4) is 16.9 Å². The molecule has 2 rings (SSSR count). The molecule has 0 aromatic heterocycles. The summed E-state index contributed by atoms with van der Waals surface area (Å²) in [4.78, 5) is 36.8. The largest absolute Gasteiger partial charge is 0.500 e. The van der Waals surface area contributed by atoms with E-state index in [4.69, 9.17) is 31.3 Å². The molecule has 0 saturated carbocycles. The number of carbonyl (C=O) groups is 3. The molecule has 0 spiro atoms. The number of hydrogen-bond donors (Lipinski definition) is 4. The summed E-state index contributed by atoms with van der Waals surface area (Å²) in [5.41, 5.74) is 0.759. The Hall–Kier alpha value is -3.20. The van der Waals surface area contributed by atoms with E-state index < -0.39 is 35.5 Å². The quantitative estimate of drug-likeness (QED) is 0.0877. The lowest BCUT2D eigenvalue weighted by atomic mass is 9.97. The second kappa shape index (κ2) is 17.9. The minimum atomic E-state index is -2.82. The molecule has 0 fully saturated rings. The normalized spacial score (nSPS) is 11.8. The highest BCUT2D eigenvalue weighted by Gasteiger charge is 2.37. The third kappa shape index (κ3) is 9.91. The number of benzene rings is 2. The lowest BCUT2D eigenvalue weighted by Crippen LogP contribution is -2.43. The highest BCUT2D eigenvalue weighted by atomic mass is 28.4. The Morgan fingerprint density at radius 2 is 1.14 bits per heavy atom. The van der Waals surface area contributed by atoms with Gasteiger partial charge in [0.1, 0.15) is 18.0 Å². The number of hydrogen-bond acceptors (Lipinski definition) is 11. The van der Waals surface area contributed by atoms with Gasteiger partial charge in [-0.1, -0.05) is 12.1 Å². The molecule has 2 aromatic carbocycles. The van der Waals surface area contributed by atoms with Crippen LogP contribution in [0.3, 0.4) is 0 Å². The van der Waals surface area contributed by atoms with E-state index in [-0.39, 0.29) is 35.7 Å². The molecule has 1 amide bonds. The molecule has 16 heteroatoms. The van der Waals surface area contributed by atoms with Crippen molar-refractivity contribution in [3.05, 3.63) is 53.1 Å². The number of carboxylic acid groups (broad SMARTS) is 2. The SMILES string of the molecule is CO[Si](CCCNCOc1cc(-c2ccc(C(=O)O)c(C(=O)NCCC[Si](OC)(OC)OC)c2)ccc1C(=O)O)(OC)OC. The van der Waals surface area contributed by atoms with Gasteiger partial charge in [-0.15, -0.1) is 0 Å². The van der Waals surface area contributed by atoms with Gasteiger partial charge >= 0.3 is 29.5 Å². The molecule has 0 aliphatic carbocycles. The molecule has 0 radical (unpaired) electrons. The molecule has 14 nitrogen and oxygen atoms in total. The molecule has 0 unspecified atom stereocenters. The van der Waals surface area contributed by atoms with E-state index in [1.165, 1.54) is 45.6 Å². The van der Waals surface area contributed by atoms with Gasteiger partial charge in [0, 0.05) is 61.3 Å². The fourth-order valence-corrected chi connectivity index (χ4v) is 7.89. The average Bonchev–Trinajstić information content (AvgIpc) is 3.04. The number of carboxylic acids is 2. The van der Waals surface area contributed by atoms with Crippen LogP contribution >= 0.6 is 0 Å². The Bertz CT molecular complexity index is 1240. The Labute approximate surface area is 259 Å². The maximum atomic E-state index is 13.1. The summed E-state index contributed by atoms with van der Waals surface area (Å²) in [6.07, 6.45) is 1.15. The Balaban J connectivity index is 2.17. The van der Waals surface area contributed by atoms with E-state index in [1.54, 1.807) is 33.5 Å². The molecule has 2 aromatic rings. The number of aromatic carboxylic acids is 2. The van der Waals surface area contributed by atoms with Crippen LogP contribution in [0.5, 0.6) is 5.75 Å². The zero-order valence-corrected chi connectivity index (χ0v) is 27.9. The second-order valence-electron chi connectivity index (χ2n) is 9.42. The molecule has 0 aliphatic heterocycles. The number of rotatable bonds is 21. The third-order valence-corrected chi connectivity index (χ3v) is 12.7. The predicted molar refractivity (Wildman–Crippen MR) is 164 cm³/mol. The van der Waals surface area contributed by atoms with Crippen LogP contribution in [-0.4, -0.2) is 108 Å². The van der Waals surface area contributed by atoms with Crippen LogP contribution in [0.4, 0.5) is 0 Å². The molecular weight excluding hydrogens is 612 g/mol. The van der Waals surface area contributed by atoms with E-state index in [1.807, 2.05) is 0 Å². The minimum absolute atomic E-state index is 0.0240. The molecule has 244 valence electrons. The fourth-order valence-electron chi connectivity index (χ4n) is 4.44. The van der Waals surface area contributed by atoms with E-state index in [0.29, 0.717) is 42.6 Å². The van der Waals surface area contributed by atoms with Crippen LogP contribution < -0.4 is 15.4 Å². The number of amides is 1. The number of carbonyl (C=O) groups excluding carboxylic acids is 1. The highest BCUT2D eigenvalue weighted by Crippen LogP contribution is 2.29. The average molecular weight is 655 g/mol. The number of ether oxygens (including phenoxy) is 1. The van der Waals surface area contributed by atoms with Gasteiger partial charge in [0.05, 0.1) is 11.1 Å². The first-order valence-electron chi connectivity index (χ1n) is 13.7. The first-order chi connectivity index (χ1) is 21.0. The van der Waals surface area contributed by atoms with Crippen LogP contribution in [0.1, 0.15) is 43.9 Å².